The van der Waals surface area contributed by atoms with E-state index in [9.17, 15) is 8.42 Å². The molecule has 0 amide bonds. The fourth-order valence-electron chi connectivity index (χ4n) is 2.39. The Morgan fingerprint density at radius 2 is 1.76 bits per heavy atom. The van der Waals surface area contributed by atoms with E-state index in [4.69, 9.17) is 0 Å². The first kappa shape index (κ1) is 18.1. The molecule has 120 valence electrons. The molecule has 0 aromatic heterocycles. The van der Waals surface area contributed by atoms with E-state index in [1.165, 1.54) is 0 Å². The van der Waals surface area contributed by atoms with E-state index in [0.717, 1.165) is 24.8 Å². The van der Waals surface area contributed by atoms with Gasteiger partial charge in [0, 0.05) is 12.6 Å². The van der Waals surface area contributed by atoms with Gasteiger partial charge in [0.05, 0.1) is 4.90 Å². The quantitative estimate of drug-likeness (QED) is 0.737. The number of nitrogens with one attached hydrogen (secondary N) is 2. The van der Waals surface area contributed by atoms with Crippen LogP contribution in [0.15, 0.2) is 29.2 Å². The second-order valence-electron chi connectivity index (χ2n) is 5.36. The van der Waals surface area contributed by atoms with Crippen LogP contribution in [-0.2, 0) is 10.0 Å². The maximum atomic E-state index is 12.4. The fraction of sp³-hybridized carbons (Fsp3) is 0.625. The van der Waals surface area contributed by atoms with Crippen molar-refractivity contribution in [1.82, 2.24) is 10.0 Å². The van der Waals surface area contributed by atoms with Gasteiger partial charge in [-0.15, -0.1) is 0 Å². The second kappa shape index (κ2) is 8.51. The Balaban J connectivity index is 2.90. The SMILES string of the molecule is CCC(CC)CNS(=O)(=O)c1cccc(C(CC)NC)c1. The van der Waals surface area contributed by atoms with Crippen LogP contribution in [0.5, 0.6) is 0 Å². The normalized spacial score (nSPS) is 13.6. The predicted octanol–water partition coefficient (Wildman–Crippen LogP) is 3.07. The fourth-order valence-corrected chi connectivity index (χ4v) is 3.56. The first-order chi connectivity index (χ1) is 9.98. The van der Waals surface area contributed by atoms with Crippen LogP contribution in [0.2, 0.25) is 0 Å². The number of rotatable bonds is 9. The highest BCUT2D eigenvalue weighted by atomic mass is 32.2. The third-order valence-corrected chi connectivity index (χ3v) is 5.47. The summed E-state index contributed by atoms with van der Waals surface area (Å²) in [7, 11) is -1.54. The molecule has 1 aromatic carbocycles. The van der Waals surface area contributed by atoms with Crippen molar-refractivity contribution in [3.63, 3.8) is 0 Å². The number of hydrogen-bond donors (Lipinski definition) is 2. The van der Waals surface area contributed by atoms with E-state index in [2.05, 4.69) is 30.8 Å². The Morgan fingerprint density at radius 1 is 1.10 bits per heavy atom. The zero-order valence-corrected chi connectivity index (χ0v) is 14.3. The lowest BCUT2D eigenvalue weighted by Crippen LogP contribution is -2.29. The number of sulfonamides is 1. The smallest absolute Gasteiger partial charge is 0.240 e. The summed E-state index contributed by atoms with van der Waals surface area (Å²) in [6.07, 6.45) is 2.88. The van der Waals surface area contributed by atoms with E-state index in [1.807, 2.05) is 13.1 Å². The largest absolute Gasteiger partial charge is 0.313 e. The van der Waals surface area contributed by atoms with Crippen LogP contribution in [0.3, 0.4) is 0 Å². The molecule has 1 aromatic rings. The Kier molecular flexibility index (Phi) is 7.35. The van der Waals surface area contributed by atoms with Gasteiger partial charge in [0.2, 0.25) is 10.0 Å². The van der Waals surface area contributed by atoms with E-state index < -0.39 is 10.0 Å². The molecule has 2 N–H and O–H groups in total. The van der Waals surface area contributed by atoms with Crippen molar-refractivity contribution in [1.29, 1.82) is 0 Å². The van der Waals surface area contributed by atoms with Crippen molar-refractivity contribution >= 4 is 10.0 Å². The zero-order chi connectivity index (χ0) is 15.9. The minimum absolute atomic E-state index is 0.180. The van der Waals surface area contributed by atoms with Gasteiger partial charge >= 0.3 is 0 Å². The van der Waals surface area contributed by atoms with Crippen molar-refractivity contribution in [2.75, 3.05) is 13.6 Å². The number of hydrogen-bond acceptors (Lipinski definition) is 3. The lowest BCUT2D eigenvalue weighted by Gasteiger charge is -2.17. The van der Waals surface area contributed by atoms with Gasteiger partial charge in [-0.25, -0.2) is 13.1 Å². The third kappa shape index (κ3) is 5.09. The molecule has 0 saturated carbocycles. The monoisotopic (exact) mass is 312 g/mol. The van der Waals surface area contributed by atoms with Gasteiger partial charge in [-0.3, -0.25) is 0 Å². The molecule has 5 heteroatoms. The lowest BCUT2D eigenvalue weighted by atomic mass is 10.0. The average Bonchev–Trinajstić information content (AvgIpc) is 2.50. The molecule has 0 radical (unpaired) electrons. The van der Waals surface area contributed by atoms with Crippen molar-refractivity contribution in [2.45, 2.75) is 51.0 Å². The maximum Gasteiger partial charge on any atom is 0.240 e. The van der Waals surface area contributed by atoms with Gasteiger partial charge in [-0.1, -0.05) is 45.7 Å². The van der Waals surface area contributed by atoms with E-state index in [0.29, 0.717) is 17.4 Å². The Bertz CT molecular complexity index is 521. The molecule has 21 heavy (non-hydrogen) atoms. The number of benzene rings is 1. The summed E-state index contributed by atoms with van der Waals surface area (Å²) < 4.78 is 27.5. The van der Waals surface area contributed by atoms with Crippen LogP contribution in [0, 0.1) is 5.92 Å². The van der Waals surface area contributed by atoms with Crippen LogP contribution in [0.25, 0.3) is 0 Å². The molecular weight excluding hydrogens is 284 g/mol. The molecule has 0 spiro atoms. The molecule has 0 aliphatic rings. The van der Waals surface area contributed by atoms with Gasteiger partial charge in [-0.05, 0) is 37.1 Å². The maximum absolute atomic E-state index is 12.4. The Hall–Kier alpha value is -0.910. The van der Waals surface area contributed by atoms with Gasteiger partial charge in [-0.2, -0.15) is 0 Å². The molecule has 1 unspecified atom stereocenters. The molecule has 0 aliphatic heterocycles. The van der Waals surface area contributed by atoms with Crippen molar-refractivity contribution in [2.24, 2.45) is 5.92 Å². The molecule has 0 bridgehead atoms. The second-order valence-corrected chi connectivity index (χ2v) is 7.12. The van der Waals surface area contributed by atoms with Crippen LogP contribution >= 0.6 is 0 Å². The lowest BCUT2D eigenvalue weighted by molar-refractivity contribution is 0.479. The van der Waals surface area contributed by atoms with Crippen molar-refractivity contribution < 1.29 is 8.42 Å². The summed E-state index contributed by atoms with van der Waals surface area (Å²) in [4.78, 5) is 0.347. The predicted molar refractivity (Wildman–Crippen MR) is 87.8 cm³/mol. The molecule has 1 atom stereocenters. The first-order valence-corrected chi connectivity index (χ1v) is 9.23. The van der Waals surface area contributed by atoms with Crippen molar-refractivity contribution in [3.8, 4) is 0 Å². The molecule has 4 nitrogen and oxygen atoms in total. The molecule has 0 saturated heterocycles. The third-order valence-electron chi connectivity index (χ3n) is 4.04. The van der Waals surface area contributed by atoms with Crippen molar-refractivity contribution in [3.05, 3.63) is 29.8 Å². The zero-order valence-electron chi connectivity index (χ0n) is 13.5. The highest BCUT2D eigenvalue weighted by Gasteiger charge is 2.17. The minimum Gasteiger partial charge on any atom is -0.313 e. The van der Waals surface area contributed by atoms with Gasteiger partial charge in [0.1, 0.15) is 0 Å². The molecule has 0 heterocycles. The topological polar surface area (TPSA) is 58.2 Å². The van der Waals surface area contributed by atoms with E-state index >= 15 is 0 Å². The van der Waals surface area contributed by atoms with Crippen LogP contribution in [0.1, 0.15) is 51.6 Å². The van der Waals surface area contributed by atoms with Gasteiger partial charge in [0.25, 0.3) is 0 Å². The Labute approximate surface area is 129 Å². The van der Waals surface area contributed by atoms with E-state index in [-0.39, 0.29) is 6.04 Å². The highest BCUT2D eigenvalue weighted by molar-refractivity contribution is 7.89. The summed E-state index contributed by atoms with van der Waals surface area (Å²) in [5.74, 6) is 0.392. The highest BCUT2D eigenvalue weighted by Crippen LogP contribution is 2.20. The summed E-state index contributed by atoms with van der Waals surface area (Å²) in [6, 6.07) is 7.37. The average molecular weight is 312 g/mol. The molecule has 1 rings (SSSR count). The molecule has 0 aliphatic carbocycles. The minimum atomic E-state index is -3.43. The Morgan fingerprint density at radius 3 is 2.29 bits per heavy atom. The standard InChI is InChI=1S/C16H28N2O2S/c1-5-13(6-2)12-18-21(19,20)15-10-8-9-14(11-15)16(7-3)17-4/h8-11,13,16-18H,5-7,12H2,1-4H3. The summed E-state index contributed by atoms with van der Waals surface area (Å²) in [5.41, 5.74) is 1.01. The summed E-state index contributed by atoms with van der Waals surface area (Å²) in [5, 5.41) is 3.20. The molecular formula is C16H28N2O2S. The summed E-state index contributed by atoms with van der Waals surface area (Å²) in [6.45, 7) is 6.75. The first-order valence-electron chi connectivity index (χ1n) is 7.75. The van der Waals surface area contributed by atoms with Crippen LogP contribution < -0.4 is 10.0 Å². The summed E-state index contributed by atoms with van der Waals surface area (Å²) >= 11 is 0. The van der Waals surface area contributed by atoms with Crippen LogP contribution in [0.4, 0.5) is 0 Å². The van der Waals surface area contributed by atoms with Crippen LogP contribution in [-0.4, -0.2) is 22.0 Å². The van der Waals surface area contributed by atoms with E-state index in [1.54, 1.807) is 18.2 Å². The van der Waals surface area contributed by atoms with Gasteiger partial charge < -0.3 is 5.32 Å². The van der Waals surface area contributed by atoms with Gasteiger partial charge in [0.15, 0.2) is 0 Å². The molecule has 0 fully saturated rings.